The lowest BCUT2D eigenvalue weighted by atomic mass is 10.1. The van der Waals surface area contributed by atoms with Crippen LogP contribution in [0.15, 0.2) is 46.1 Å². The summed E-state index contributed by atoms with van der Waals surface area (Å²) in [5, 5.41) is 5.74. The molecule has 3 aromatic rings. The van der Waals surface area contributed by atoms with Gasteiger partial charge in [0.1, 0.15) is 5.65 Å². The van der Waals surface area contributed by atoms with Crippen LogP contribution in [0, 0.1) is 0 Å². The van der Waals surface area contributed by atoms with Gasteiger partial charge in [-0.3, -0.25) is 24.4 Å². The SMILES string of the molecule is CCC(C)NC(=O)c1cccc(CNC(=O)c2cnc3[nH]c(=O)[nH]c(=O)c3c2)c1. The first-order valence-corrected chi connectivity index (χ1v) is 9.17. The van der Waals surface area contributed by atoms with Crippen LogP contribution in [0.4, 0.5) is 0 Å². The van der Waals surface area contributed by atoms with Crippen molar-refractivity contribution < 1.29 is 9.59 Å². The Hall–Kier alpha value is -3.75. The fourth-order valence-electron chi connectivity index (χ4n) is 2.69. The van der Waals surface area contributed by atoms with Crippen LogP contribution in [-0.2, 0) is 6.54 Å². The highest BCUT2D eigenvalue weighted by atomic mass is 16.2. The predicted octanol–water partition coefficient (Wildman–Crippen LogP) is 1.07. The zero-order chi connectivity index (χ0) is 21.0. The van der Waals surface area contributed by atoms with Crippen LogP contribution < -0.4 is 21.9 Å². The minimum atomic E-state index is -0.663. The summed E-state index contributed by atoms with van der Waals surface area (Å²) in [5.41, 5.74) is 0.275. The minimum absolute atomic E-state index is 0.0735. The Morgan fingerprint density at radius 2 is 1.90 bits per heavy atom. The monoisotopic (exact) mass is 395 g/mol. The number of carbonyl (C=O) groups excluding carboxylic acids is 2. The third-order valence-electron chi connectivity index (χ3n) is 4.49. The number of aromatic amines is 2. The van der Waals surface area contributed by atoms with Crippen LogP contribution in [0.2, 0.25) is 0 Å². The molecule has 0 spiro atoms. The van der Waals surface area contributed by atoms with Crippen molar-refractivity contribution in [1.29, 1.82) is 0 Å². The molecule has 150 valence electrons. The van der Waals surface area contributed by atoms with Crippen LogP contribution in [0.25, 0.3) is 11.0 Å². The van der Waals surface area contributed by atoms with Gasteiger partial charge in [0, 0.05) is 24.3 Å². The molecule has 2 heterocycles. The molecule has 0 saturated heterocycles. The molecule has 0 bridgehead atoms. The van der Waals surface area contributed by atoms with Crippen LogP contribution >= 0.6 is 0 Å². The van der Waals surface area contributed by atoms with Gasteiger partial charge in [-0.1, -0.05) is 19.1 Å². The summed E-state index contributed by atoms with van der Waals surface area (Å²) in [5.74, 6) is -0.598. The molecule has 2 aromatic heterocycles. The molecule has 1 aromatic carbocycles. The molecule has 0 radical (unpaired) electrons. The fraction of sp³-hybridized carbons (Fsp3) is 0.250. The highest BCUT2D eigenvalue weighted by molar-refractivity contribution is 5.97. The van der Waals surface area contributed by atoms with Crippen molar-refractivity contribution in [1.82, 2.24) is 25.6 Å². The number of aromatic nitrogens is 3. The fourth-order valence-corrected chi connectivity index (χ4v) is 2.69. The quantitative estimate of drug-likeness (QED) is 0.495. The van der Waals surface area contributed by atoms with E-state index in [2.05, 4.69) is 25.6 Å². The summed E-state index contributed by atoms with van der Waals surface area (Å²) in [6, 6.07) is 8.41. The zero-order valence-electron chi connectivity index (χ0n) is 16.0. The summed E-state index contributed by atoms with van der Waals surface area (Å²) in [7, 11) is 0. The van der Waals surface area contributed by atoms with E-state index in [1.807, 2.05) is 13.8 Å². The van der Waals surface area contributed by atoms with E-state index < -0.39 is 17.2 Å². The van der Waals surface area contributed by atoms with Gasteiger partial charge in [0.2, 0.25) is 0 Å². The normalized spacial score (nSPS) is 11.8. The average molecular weight is 395 g/mol. The molecule has 0 aliphatic rings. The lowest BCUT2D eigenvalue weighted by Gasteiger charge is -2.12. The van der Waals surface area contributed by atoms with Crippen molar-refractivity contribution in [3.63, 3.8) is 0 Å². The van der Waals surface area contributed by atoms with Crippen molar-refractivity contribution in [2.75, 3.05) is 0 Å². The lowest BCUT2D eigenvalue weighted by Crippen LogP contribution is -2.32. The van der Waals surface area contributed by atoms with Crippen molar-refractivity contribution in [2.24, 2.45) is 0 Å². The van der Waals surface area contributed by atoms with Gasteiger partial charge in [-0.05, 0) is 37.1 Å². The Morgan fingerprint density at radius 1 is 1.10 bits per heavy atom. The molecule has 1 atom stereocenters. The number of hydrogen-bond acceptors (Lipinski definition) is 5. The Morgan fingerprint density at radius 3 is 2.66 bits per heavy atom. The largest absolute Gasteiger partial charge is 0.350 e. The Kier molecular flexibility index (Phi) is 5.87. The van der Waals surface area contributed by atoms with E-state index in [4.69, 9.17) is 0 Å². The molecule has 4 N–H and O–H groups in total. The van der Waals surface area contributed by atoms with Crippen LogP contribution in [0.3, 0.4) is 0 Å². The summed E-state index contributed by atoms with van der Waals surface area (Å²) < 4.78 is 0. The van der Waals surface area contributed by atoms with Crippen molar-refractivity contribution in [2.45, 2.75) is 32.9 Å². The van der Waals surface area contributed by atoms with E-state index >= 15 is 0 Å². The Balaban J connectivity index is 1.72. The molecule has 2 amide bonds. The number of rotatable bonds is 6. The number of amides is 2. The van der Waals surface area contributed by atoms with E-state index in [0.717, 1.165) is 12.0 Å². The standard InChI is InChI=1S/C20H21N5O4/c1-3-11(2)23-18(27)13-6-4-5-12(7-13)9-22-17(26)14-8-15-16(21-10-14)24-20(29)25-19(15)28/h4-8,10-11H,3,9H2,1-2H3,(H,22,26)(H,23,27)(H2,21,24,25,28,29). The summed E-state index contributed by atoms with van der Waals surface area (Å²) in [6.45, 7) is 4.12. The zero-order valence-corrected chi connectivity index (χ0v) is 16.0. The third-order valence-corrected chi connectivity index (χ3v) is 4.49. The summed E-state index contributed by atoms with van der Waals surface area (Å²) >= 11 is 0. The number of H-pyrrole nitrogens is 2. The molecular formula is C20H21N5O4. The molecule has 0 fully saturated rings. The second kappa shape index (κ2) is 8.51. The number of benzene rings is 1. The van der Waals surface area contributed by atoms with Crippen LogP contribution in [0.1, 0.15) is 46.5 Å². The number of nitrogens with zero attached hydrogens (tertiary/aromatic N) is 1. The van der Waals surface area contributed by atoms with Gasteiger partial charge in [-0.25, -0.2) is 9.78 Å². The van der Waals surface area contributed by atoms with Gasteiger partial charge in [0.25, 0.3) is 17.4 Å². The first kappa shape index (κ1) is 20.0. The summed E-state index contributed by atoms with van der Waals surface area (Å²) in [6.07, 6.45) is 2.11. The second-order valence-electron chi connectivity index (χ2n) is 6.69. The molecule has 0 saturated carbocycles. The van der Waals surface area contributed by atoms with Crippen molar-refractivity contribution in [3.05, 3.63) is 74.1 Å². The van der Waals surface area contributed by atoms with E-state index in [1.54, 1.807) is 24.3 Å². The van der Waals surface area contributed by atoms with Gasteiger partial charge in [-0.15, -0.1) is 0 Å². The highest BCUT2D eigenvalue weighted by Crippen LogP contribution is 2.08. The Bertz CT molecular complexity index is 1180. The van der Waals surface area contributed by atoms with Crippen molar-refractivity contribution >= 4 is 22.8 Å². The smallest absolute Gasteiger partial charge is 0.327 e. The number of fused-ring (bicyclic) bond motifs is 1. The maximum Gasteiger partial charge on any atom is 0.327 e. The van der Waals surface area contributed by atoms with E-state index in [0.29, 0.717) is 5.56 Å². The lowest BCUT2D eigenvalue weighted by molar-refractivity contribution is 0.0936. The molecule has 1 unspecified atom stereocenters. The molecule has 0 aliphatic carbocycles. The maximum atomic E-state index is 12.4. The molecular weight excluding hydrogens is 374 g/mol. The molecule has 0 aliphatic heterocycles. The number of pyridine rings is 1. The van der Waals surface area contributed by atoms with E-state index in [1.165, 1.54) is 12.3 Å². The predicted molar refractivity (Wildman–Crippen MR) is 108 cm³/mol. The van der Waals surface area contributed by atoms with Crippen molar-refractivity contribution in [3.8, 4) is 0 Å². The van der Waals surface area contributed by atoms with Gasteiger partial charge < -0.3 is 10.6 Å². The highest BCUT2D eigenvalue weighted by Gasteiger charge is 2.12. The van der Waals surface area contributed by atoms with Gasteiger partial charge in [-0.2, -0.15) is 0 Å². The minimum Gasteiger partial charge on any atom is -0.350 e. The van der Waals surface area contributed by atoms with Crippen LogP contribution in [-0.4, -0.2) is 32.8 Å². The number of nitrogens with one attached hydrogen (secondary N) is 4. The third kappa shape index (κ3) is 4.75. The maximum absolute atomic E-state index is 12.4. The van der Waals surface area contributed by atoms with E-state index in [9.17, 15) is 19.2 Å². The first-order chi connectivity index (χ1) is 13.9. The number of carbonyl (C=O) groups is 2. The van der Waals surface area contributed by atoms with E-state index in [-0.39, 0.29) is 35.1 Å². The van der Waals surface area contributed by atoms with Crippen LogP contribution in [0.5, 0.6) is 0 Å². The molecule has 9 heteroatoms. The van der Waals surface area contributed by atoms with Gasteiger partial charge in [0.05, 0.1) is 10.9 Å². The molecule has 29 heavy (non-hydrogen) atoms. The number of hydrogen-bond donors (Lipinski definition) is 4. The van der Waals surface area contributed by atoms with Gasteiger partial charge in [0.15, 0.2) is 0 Å². The first-order valence-electron chi connectivity index (χ1n) is 9.17. The summed E-state index contributed by atoms with van der Waals surface area (Å²) in [4.78, 5) is 56.3. The topological polar surface area (TPSA) is 137 Å². The average Bonchev–Trinajstić information content (AvgIpc) is 2.71. The molecule has 9 nitrogen and oxygen atoms in total. The van der Waals surface area contributed by atoms with Gasteiger partial charge >= 0.3 is 5.69 Å². The molecule has 3 rings (SSSR count). The Labute approximate surface area is 165 Å². The second-order valence-corrected chi connectivity index (χ2v) is 6.69.